The van der Waals surface area contributed by atoms with Crippen molar-refractivity contribution >= 4 is 15.7 Å². The lowest BCUT2D eigenvalue weighted by atomic mass is 10.1. The van der Waals surface area contributed by atoms with E-state index in [0.717, 1.165) is 37.8 Å². The summed E-state index contributed by atoms with van der Waals surface area (Å²) in [5, 5.41) is 0. The molecule has 0 spiro atoms. The highest BCUT2D eigenvalue weighted by molar-refractivity contribution is 7.89. The van der Waals surface area contributed by atoms with Gasteiger partial charge in [0.25, 0.3) is 0 Å². The SMILES string of the molecule is CC1CCCCCN1S(=O)(=O)c1ccc(F)c(N)c1F. The van der Waals surface area contributed by atoms with Crippen LogP contribution in [-0.2, 0) is 10.0 Å². The van der Waals surface area contributed by atoms with E-state index >= 15 is 0 Å². The Morgan fingerprint density at radius 3 is 2.65 bits per heavy atom. The van der Waals surface area contributed by atoms with Crippen LogP contribution in [0.1, 0.15) is 32.6 Å². The predicted molar refractivity (Wildman–Crippen MR) is 72.6 cm³/mol. The first-order chi connectivity index (χ1) is 9.35. The molecular weight excluding hydrogens is 286 g/mol. The van der Waals surface area contributed by atoms with Gasteiger partial charge in [-0.1, -0.05) is 12.8 Å². The molecule has 1 saturated heterocycles. The third kappa shape index (κ3) is 2.64. The van der Waals surface area contributed by atoms with Crippen molar-refractivity contribution in [2.75, 3.05) is 12.3 Å². The first kappa shape index (κ1) is 15.2. The Morgan fingerprint density at radius 1 is 1.25 bits per heavy atom. The van der Waals surface area contributed by atoms with Crippen LogP contribution in [0.25, 0.3) is 0 Å². The lowest BCUT2D eigenvalue weighted by Crippen LogP contribution is -2.38. The Bertz CT molecular complexity index is 605. The summed E-state index contributed by atoms with van der Waals surface area (Å²) in [6.45, 7) is 2.15. The minimum absolute atomic E-state index is 0.201. The summed E-state index contributed by atoms with van der Waals surface area (Å²) < 4.78 is 53.5. The summed E-state index contributed by atoms with van der Waals surface area (Å²) in [6.07, 6.45) is 3.37. The average Bonchev–Trinajstić information content (AvgIpc) is 2.60. The van der Waals surface area contributed by atoms with E-state index in [-0.39, 0.29) is 6.04 Å². The van der Waals surface area contributed by atoms with Gasteiger partial charge in [-0.15, -0.1) is 0 Å². The van der Waals surface area contributed by atoms with Gasteiger partial charge in [-0.25, -0.2) is 17.2 Å². The van der Waals surface area contributed by atoms with Crippen LogP contribution in [0.5, 0.6) is 0 Å². The normalized spacial score (nSPS) is 21.6. The Kier molecular flexibility index (Phi) is 4.29. The maximum atomic E-state index is 14.0. The summed E-state index contributed by atoms with van der Waals surface area (Å²) >= 11 is 0. The highest BCUT2D eigenvalue weighted by atomic mass is 32.2. The number of sulfonamides is 1. The molecule has 1 unspecified atom stereocenters. The van der Waals surface area contributed by atoms with Gasteiger partial charge < -0.3 is 5.73 Å². The number of nitrogen functional groups attached to an aromatic ring is 1. The second-order valence-corrected chi connectivity index (χ2v) is 6.95. The highest BCUT2D eigenvalue weighted by Crippen LogP contribution is 2.29. The molecule has 1 aromatic carbocycles. The van der Waals surface area contributed by atoms with Crippen molar-refractivity contribution in [1.82, 2.24) is 4.31 Å². The third-order valence-electron chi connectivity index (χ3n) is 3.67. The highest BCUT2D eigenvalue weighted by Gasteiger charge is 2.33. The van der Waals surface area contributed by atoms with Crippen LogP contribution in [0, 0.1) is 11.6 Å². The minimum atomic E-state index is -3.99. The lowest BCUT2D eigenvalue weighted by Gasteiger charge is -2.26. The van der Waals surface area contributed by atoms with Crippen molar-refractivity contribution in [2.45, 2.75) is 43.5 Å². The lowest BCUT2D eigenvalue weighted by molar-refractivity contribution is 0.340. The summed E-state index contributed by atoms with van der Waals surface area (Å²) in [7, 11) is -3.99. The molecule has 0 amide bonds. The van der Waals surface area contributed by atoms with E-state index in [0.29, 0.717) is 6.54 Å². The van der Waals surface area contributed by atoms with Gasteiger partial charge in [-0.2, -0.15) is 4.31 Å². The van der Waals surface area contributed by atoms with E-state index in [4.69, 9.17) is 5.73 Å². The molecule has 1 aliphatic heterocycles. The quantitative estimate of drug-likeness (QED) is 0.854. The Hall–Kier alpha value is -1.21. The number of benzene rings is 1. The topological polar surface area (TPSA) is 63.4 Å². The van der Waals surface area contributed by atoms with E-state index in [2.05, 4.69) is 0 Å². The molecule has 1 atom stereocenters. The van der Waals surface area contributed by atoms with Crippen molar-refractivity contribution in [3.05, 3.63) is 23.8 Å². The van der Waals surface area contributed by atoms with Gasteiger partial charge in [-0.05, 0) is 31.9 Å². The zero-order chi connectivity index (χ0) is 14.9. The van der Waals surface area contributed by atoms with E-state index in [1.165, 1.54) is 4.31 Å². The van der Waals surface area contributed by atoms with Crippen molar-refractivity contribution in [2.24, 2.45) is 0 Å². The van der Waals surface area contributed by atoms with E-state index in [1.807, 2.05) is 0 Å². The van der Waals surface area contributed by atoms with Gasteiger partial charge in [0.05, 0.1) is 0 Å². The van der Waals surface area contributed by atoms with Crippen LogP contribution in [0.4, 0.5) is 14.5 Å². The predicted octanol–water partition coefficient (Wildman–Crippen LogP) is 2.50. The van der Waals surface area contributed by atoms with Crippen molar-refractivity contribution in [3.63, 3.8) is 0 Å². The Morgan fingerprint density at radius 2 is 1.95 bits per heavy atom. The zero-order valence-corrected chi connectivity index (χ0v) is 12.1. The van der Waals surface area contributed by atoms with Gasteiger partial charge in [0.15, 0.2) is 5.82 Å². The summed E-state index contributed by atoms with van der Waals surface area (Å²) in [5.41, 5.74) is 4.49. The molecule has 1 aliphatic rings. The maximum absolute atomic E-state index is 14.0. The van der Waals surface area contributed by atoms with E-state index < -0.39 is 32.2 Å². The molecule has 0 saturated carbocycles. The summed E-state index contributed by atoms with van der Waals surface area (Å²) in [4.78, 5) is -0.551. The summed E-state index contributed by atoms with van der Waals surface area (Å²) in [5.74, 6) is -2.16. The number of hydrogen-bond acceptors (Lipinski definition) is 3. The van der Waals surface area contributed by atoms with E-state index in [1.54, 1.807) is 6.92 Å². The van der Waals surface area contributed by atoms with Crippen LogP contribution in [0.3, 0.4) is 0 Å². The summed E-state index contributed by atoms with van der Waals surface area (Å²) in [6, 6.07) is 1.62. The fourth-order valence-corrected chi connectivity index (χ4v) is 4.26. The molecule has 1 aromatic rings. The van der Waals surface area contributed by atoms with Crippen LogP contribution in [0.2, 0.25) is 0 Å². The number of nitrogens with zero attached hydrogens (tertiary/aromatic N) is 1. The number of rotatable bonds is 2. The molecule has 4 nitrogen and oxygen atoms in total. The van der Waals surface area contributed by atoms with Gasteiger partial charge in [0.2, 0.25) is 10.0 Å². The van der Waals surface area contributed by atoms with Crippen molar-refractivity contribution in [1.29, 1.82) is 0 Å². The van der Waals surface area contributed by atoms with Crippen molar-refractivity contribution < 1.29 is 17.2 Å². The van der Waals surface area contributed by atoms with Gasteiger partial charge in [0.1, 0.15) is 16.4 Å². The molecule has 0 aliphatic carbocycles. The molecule has 1 fully saturated rings. The Labute approximate surface area is 117 Å². The number of halogens is 2. The fourth-order valence-electron chi connectivity index (χ4n) is 2.48. The zero-order valence-electron chi connectivity index (χ0n) is 11.3. The molecule has 1 heterocycles. The molecule has 0 bridgehead atoms. The minimum Gasteiger partial charge on any atom is -0.394 e. The van der Waals surface area contributed by atoms with Gasteiger partial charge >= 0.3 is 0 Å². The molecular formula is C13H18F2N2O2S. The van der Waals surface area contributed by atoms with Crippen LogP contribution >= 0.6 is 0 Å². The second kappa shape index (κ2) is 5.65. The number of nitrogens with two attached hydrogens (primary N) is 1. The van der Waals surface area contributed by atoms with Crippen LogP contribution in [0.15, 0.2) is 17.0 Å². The average molecular weight is 304 g/mol. The van der Waals surface area contributed by atoms with Crippen LogP contribution < -0.4 is 5.73 Å². The molecule has 2 N–H and O–H groups in total. The number of anilines is 1. The maximum Gasteiger partial charge on any atom is 0.246 e. The first-order valence-corrected chi connectivity index (χ1v) is 8.05. The third-order valence-corrected chi connectivity index (χ3v) is 5.70. The molecule has 112 valence electrons. The molecule has 7 heteroatoms. The standard InChI is InChI=1S/C13H18F2N2O2S/c1-9-5-3-2-4-8-17(9)20(18,19)11-7-6-10(14)13(16)12(11)15/h6-7,9H,2-5,8,16H2,1H3. The second-order valence-electron chi connectivity index (χ2n) is 5.09. The fraction of sp³-hybridized carbons (Fsp3) is 0.538. The monoisotopic (exact) mass is 304 g/mol. The first-order valence-electron chi connectivity index (χ1n) is 6.61. The Balaban J connectivity index is 2.47. The molecule has 0 radical (unpaired) electrons. The van der Waals surface area contributed by atoms with Crippen molar-refractivity contribution in [3.8, 4) is 0 Å². The molecule has 0 aromatic heterocycles. The van der Waals surface area contributed by atoms with E-state index in [9.17, 15) is 17.2 Å². The molecule has 20 heavy (non-hydrogen) atoms. The molecule has 2 rings (SSSR count). The van der Waals surface area contributed by atoms with Gasteiger partial charge in [0, 0.05) is 12.6 Å². The largest absolute Gasteiger partial charge is 0.394 e. The number of hydrogen-bond donors (Lipinski definition) is 1. The van der Waals surface area contributed by atoms with Crippen LogP contribution in [-0.4, -0.2) is 25.3 Å². The van der Waals surface area contributed by atoms with Gasteiger partial charge in [-0.3, -0.25) is 0 Å². The smallest absolute Gasteiger partial charge is 0.246 e.